The zero-order valence-corrected chi connectivity index (χ0v) is 13.8. The van der Waals surface area contributed by atoms with E-state index < -0.39 is 0 Å². The Hall–Kier alpha value is -0.0900. The summed E-state index contributed by atoms with van der Waals surface area (Å²) in [7, 11) is 0. The van der Waals surface area contributed by atoms with Crippen LogP contribution in [0.2, 0.25) is 0 Å². The SMILES string of the molecule is CCCCCCOc1cc(CBr)c(F)cc1CBr. The van der Waals surface area contributed by atoms with E-state index in [9.17, 15) is 4.39 Å². The van der Waals surface area contributed by atoms with E-state index in [1.54, 1.807) is 12.1 Å². The van der Waals surface area contributed by atoms with Crippen molar-refractivity contribution in [2.24, 2.45) is 0 Å². The van der Waals surface area contributed by atoms with Crippen molar-refractivity contribution in [3.05, 3.63) is 29.1 Å². The first-order valence-corrected chi connectivity index (χ1v) is 8.53. The van der Waals surface area contributed by atoms with Crippen molar-refractivity contribution in [3.63, 3.8) is 0 Å². The lowest BCUT2D eigenvalue weighted by atomic mass is 10.1. The van der Waals surface area contributed by atoms with Crippen LogP contribution in [0, 0.1) is 5.82 Å². The Morgan fingerprint density at radius 2 is 1.78 bits per heavy atom. The highest BCUT2D eigenvalue weighted by molar-refractivity contribution is 9.08. The fourth-order valence-corrected chi connectivity index (χ4v) is 2.56. The van der Waals surface area contributed by atoms with Gasteiger partial charge in [-0.2, -0.15) is 0 Å². The Morgan fingerprint density at radius 1 is 1.06 bits per heavy atom. The molecule has 0 fully saturated rings. The number of hydrogen-bond acceptors (Lipinski definition) is 1. The Labute approximate surface area is 125 Å². The highest BCUT2D eigenvalue weighted by Gasteiger charge is 2.09. The number of benzene rings is 1. The van der Waals surface area contributed by atoms with E-state index in [4.69, 9.17) is 4.74 Å². The van der Waals surface area contributed by atoms with Gasteiger partial charge in [-0.15, -0.1) is 0 Å². The van der Waals surface area contributed by atoms with Crippen LogP contribution in [-0.4, -0.2) is 6.61 Å². The summed E-state index contributed by atoms with van der Waals surface area (Å²) in [4.78, 5) is 0. The van der Waals surface area contributed by atoms with Gasteiger partial charge in [0, 0.05) is 21.8 Å². The summed E-state index contributed by atoms with van der Waals surface area (Å²) in [5.41, 5.74) is 1.51. The summed E-state index contributed by atoms with van der Waals surface area (Å²) in [5.74, 6) is 0.610. The topological polar surface area (TPSA) is 9.23 Å². The van der Waals surface area contributed by atoms with Gasteiger partial charge in [0.15, 0.2) is 0 Å². The summed E-state index contributed by atoms with van der Waals surface area (Å²) in [6, 6.07) is 3.34. The summed E-state index contributed by atoms with van der Waals surface area (Å²) in [6.45, 7) is 2.89. The van der Waals surface area contributed by atoms with Gasteiger partial charge in [-0.25, -0.2) is 4.39 Å². The van der Waals surface area contributed by atoms with Crippen molar-refractivity contribution in [1.82, 2.24) is 0 Å². The molecule has 0 spiro atoms. The number of halogens is 3. The molecule has 0 heterocycles. The van der Waals surface area contributed by atoms with Crippen molar-refractivity contribution in [2.45, 2.75) is 43.3 Å². The molecule has 102 valence electrons. The highest BCUT2D eigenvalue weighted by Crippen LogP contribution is 2.26. The summed E-state index contributed by atoms with van der Waals surface area (Å²) < 4.78 is 19.4. The van der Waals surface area contributed by atoms with Crippen molar-refractivity contribution in [3.8, 4) is 5.75 Å². The quantitative estimate of drug-likeness (QED) is 0.422. The number of hydrogen-bond donors (Lipinski definition) is 0. The maximum absolute atomic E-state index is 13.6. The zero-order valence-electron chi connectivity index (χ0n) is 10.6. The average Bonchev–Trinajstić information content (AvgIpc) is 2.39. The molecule has 0 aliphatic rings. The Balaban J connectivity index is 2.62. The molecule has 0 saturated carbocycles. The number of alkyl halides is 2. The summed E-state index contributed by atoms with van der Waals surface area (Å²) in [5, 5.41) is 1.12. The molecule has 18 heavy (non-hydrogen) atoms. The molecule has 0 aromatic heterocycles. The zero-order chi connectivity index (χ0) is 13.4. The van der Waals surface area contributed by atoms with Crippen LogP contribution >= 0.6 is 31.9 Å². The van der Waals surface area contributed by atoms with Gasteiger partial charge >= 0.3 is 0 Å². The maximum Gasteiger partial charge on any atom is 0.127 e. The number of ether oxygens (including phenoxy) is 1. The van der Waals surface area contributed by atoms with Gasteiger partial charge in [-0.1, -0.05) is 58.0 Å². The van der Waals surface area contributed by atoms with Gasteiger partial charge in [0.2, 0.25) is 0 Å². The van der Waals surface area contributed by atoms with Gasteiger partial charge in [-0.05, 0) is 18.6 Å². The number of unbranched alkanes of at least 4 members (excludes halogenated alkanes) is 3. The van der Waals surface area contributed by atoms with Gasteiger partial charge in [0.05, 0.1) is 6.61 Å². The lowest BCUT2D eigenvalue weighted by Crippen LogP contribution is -2.01. The van der Waals surface area contributed by atoms with Gasteiger partial charge in [-0.3, -0.25) is 0 Å². The molecule has 0 radical (unpaired) electrons. The molecule has 1 aromatic carbocycles. The summed E-state index contributed by atoms with van der Waals surface area (Å²) >= 11 is 6.65. The van der Waals surface area contributed by atoms with E-state index in [2.05, 4.69) is 38.8 Å². The molecule has 4 heteroatoms. The van der Waals surface area contributed by atoms with Crippen molar-refractivity contribution in [1.29, 1.82) is 0 Å². The monoisotopic (exact) mass is 380 g/mol. The maximum atomic E-state index is 13.6. The Kier molecular flexibility index (Phi) is 7.91. The Bertz CT molecular complexity index is 369. The molecule has 0 atom stereocenters. The third kappa shape index (κ3) is 4.88. The molecule has 1 nitrogen and oxygen atoms in total. The van der Waals surface area contributed by atoms with Crippen LogP contribution in [-0.2, 0) is 10.7 Å². The van der Waals surface area contributed by atoms with Crippen molar-refractivity contribution >= 4 is 31.9 Å². The first kappa shape index (κ1) is 16.0. The first-order valence-electron chi connectivity index (χ1n) is 6.29. The standard InChI is InChI=1S/C14H19Br2FO/c1-2-3-4-5-6-18-14-8-11(9-15)13(17)7-12(14)10-16/h7-8H,2-6,9-10H2,1H3. The summed E-state index contributed by atoms with van der Waals surface area (Å²) in [6.07, 6.45) is 4.70. The van der Waals surface area contributed by atoms with Crippen LogP contribution in [0.4, 0.5) is 4.39 Å². The fraction of sp³-hybridized carbons (Fsp3) is 0.571. The molecule has 1 aromatic rings. The molecular formula is C14H19Br2FO. The van der Waals surface area contributed by atoms with Crippen molar-refractivity contribution < 1.29 is 9.13 Å². The molecule has 0 saturated heterocycles. The third-order valence-electron chi connectivity index (χ3n) is 2.77. The third-order valence-corrected chi connectivity index (χ3v) is 3.98. The molecule has 1 rings (SSSR count). The minimum absolute atomic E-state index is 0.181. The van der Waals surface area contributed by atoms with E-state index >= 15 is 0 Å². The van der Waals surface area contributed by atoms with Crippen LogP contribution in [0.1, 0.15) is 43.7 Å². The average molecular weight is 382 g/mol. The molecular weight excluding hydrogens is 363 g/mol. The molecule has 0 unspecified atom stereocenters. The normalized spacial score (nSPS) is 10.7. The predicted octanol–water partition coefficient (Wildman–Crippen LogP) is 5.57. The van der Waals surface area contributed by atoms with Gasteiger partial charge < -0.3 is 4.74 Å². The van der Waals surface area contributed by atoms with Crippen LogP contribution in [0.5, 0.6) is 5.75 Å². The van der Waals surface area contributed by atoms with E-state index in [0.29, 0.717) is 22.8 Å². The van der Waals surface area contributed by atoms with E-state index in [-0.39, 0.29) is 5.82 Å². The van der Waals surface area contributed by atoms with E-state index in [0.717, 1.165) is 17.7 Å². The molecule has 0 aliphatic heterocycles. The lowest BCUT2D eigenvalue weighted by Gasteiger charge is -2.12. The Morgan fingerprint density at radius 3 is 2.39 bits per heavy atom. The molecule has 0 amide bonds. The molecule has 0 aliphatic carbocycles. The smallest absolute Gasteiger partial charge is 0.127 e. The van der Waals surface area contributed by atoms with Gasteiger partial charge in [0.25, 0.3) is 0 Å². The highest BCUT2D eigenvalue weighted by atomic mass is 79.9. The second-order valence-electron chi connectivity index (χ2n) is 4.23. The van der Waals surface area contributed by atoms with E-state index in [1.807, 2.05) is 0 Å². The minimum Gasteiger partial charge on any atom is -0.493 e. The van der Waals surface area contributed by atoms with Crippen LogP contribution in [0.25, 0.3) is 0 Å². The second kappa shape index (κ2) is 8.92. The van der Waals surface area contributed by atoms with Crippen molar-refractivity contribution in [2.75, 3.05) is 6.61 Å². The molecule has 0 bridgehead atoms. The van der Waals surface area contributed by atoms with Crippen LogP contribution in [0.15, 0.2) is 12.1 Å². The van der Waals surface area contributed by atoms with E-state index in [1.165, 1.54) is 19.3 Å². The minimum atomic E-state index is -0.181. The lowest BCUT2D eigenvalue weighted by molar-refractivity contribution is 0.302. The number of rotatable bonds is 8. The van der Waals surface area contributed by atoms with Gasteiger partial charge in [0.1, 0.15) is 11.6 Å². The van der Waals surface area contributed by atoms with Crippen LogP contribution < -0.4 is 4.74 Å². The second-order valence-corrected chi connectivity index (χ2v) is 5.35. The molecule has 0 N–H and O–H groups in total. The fourth-order valence-electron chi connectivity index (χ4n) is 1.69. The first-order chi connectivity index (χ1) is 8.72. The van der Waals surface area contributed by atoms with Crippen LogP contribution in [0.3, 0.4) is 0 Å². The predicted molar refractivity (Wildman–Crippen MR) is 81.3 cm³/mol. The largest absolute Gasteiger partial charge is 0.493 e.